The predicted octanol–water partition coefficient (Wildman–Crippen LogP) is 4.67. The third kappa shape index (κ3) is 3.74. The van der Waals surface area contributed by atoms with Crippen LogP contribution in [0.25, 0.3) is 11.0 Å². The lowest BCUT2D eigenvalue weighted by Gasteiger charge is -2.11. The number of fused-ring (bicyclic) bond motifs is 1. The van der Waals surface area contributed by atoms with Gasteiger partial charge in [-0.3, -0.25) is 0 Å². The number of hydrogen-bond donors (Lipinski definition) is 1. The van der Waals surface area contributed by atoms with E-state index in [1.54, 1.807) is 18.2 Å². The largest absolute Gasteiger partial charge is 0.486 e. The van der Waals surface area contributed by atoms with Crippen molar-refractivity contribution in [3.05, 3.63) is 95.3 Å². The Hall–Kier alpha value is -3.60. The van der Waals surface area contributed by atoms with E-state index in [2.05, 4.69) is 35.8 Å². The number of aromatic nitrogens is 2. The molecular formula is C23H20N2O3. The third-order valence-electron chi connectivity index (χ3n) is 4.61. The molecule has 0 saturated heterocycles. The third-order valence-corrected chi connectivity index (χ3v) is 4.61. The van der Waals surface area contributed by atoms with Crippen molar-refractivity contribution in [2.75, 3.05) is 0 Å². The van der Waals surface area contributed by atoms with Crippen LogP contribution in [0.3, 0.4) is 0 Å². The Morgan fingerprint density at radius 1 is 1.04 bits per heavy atom. The van der Waals surface area contributed by atoms with Crippen LogP contribution in [0.2, 0.25) is 0 Å². The molecule has 1 N–H and O–H groups in total. The summed E-state index contributed by atoms with van der Waals surface area (Å²) in [5, 5.41) is 9.15. The Morgan fingerprint density at radius 2 is 1.86 bits per heavy atom. The van der Waals surface area contributed by atoms with Crippen LogP contribution in [0, 0.1) is 6.92 Å². The van der Waals surface area contributed by atoms with Crippen molar-refractivity contribution in [1.29, 1.82) is 0 Å². The zero-order valence-corrected chi connectivity index (χ0v) is 15.5. The fourth-order valence-corrected chi connectivity index (χ4v) is 3.27. The maximum atomic E-state index is 11.2. The second kappa shape index (κ2) is 7.56. The molecule has 0 bridgehead atoms. The minimum atomic E-state index is -0.975. The first kappa shape index (κ1) is 17.8. The zero-order valence-electron chi connectivity index (χ0n) is 15.5. The number of aryl methyl sites for hydroxylation is 1. The number of carboxylic acid groups (broad SMARTS) is 1. The number of carboxylic acids is 1. The van der Waals surface area contributed by atoms with Crippen molar-refractivity contribution in [2.45, 2.75) is 20.1 Å². The quantitative estimate of drug-likeness (QED) is 0.534. The molecule has 0 radical (unpaired) electrons. The van der Waals surface area contributed by atoms with Gasteiger partial charge in [0.15, 0.2) is 0 Å². The van der Waals surface area contributed by atoms with E-state index in [4.69, 9.17) is 14.8 Å². The van der Waals surface area contributed by atoms with E-state index in [0.29, 0.717) is 12.3 Å². The minimum absolute atomic E-state index is 0.200. The normalized spacial score (nSPS) is 10.9. The Labute approximate surface area is 162 Å². The van der Waals surface area contributed by atoms with Gasteiger partial charge in [0.25, 0.3) is 0 Å². The highest BCUT2D eigenvalue weighted by molar-refractivity contribution is 5.88. The van der Waals surface area contributed by atoms with Gasteiger partial charge in [-0.25, -0.2) is 9.78 Å². The van der Waals surface area contributed by atoms with Gasteiger partial charge in [-0.05, 0) is 42.8 Å². The molecule has 4 aromatic rings. The number of imidazole rings is 1. The van der Waals surface area contributed by atoms with Crippen LogP contribution in [0.4, 0.5) is 0 Å². The number of hydrogen-bond acceptors (Lipinski definition) is 3. The van der Waals surface area contributed by atoms with Crippen molar-refractivity contribution in [3.63, 3.8) is 0 Å². The fourth-order valence-electron chi connectivity index (χ4n) is 3.27. The van der Waals surface area contributed by atoms with Gasteiger partial charge < -0.3 is 14.4 Å². The molecule has 0 aliphatic heterocycles. The van der Waals surface area contributed by atoms with Crippen molar-refractivity contribution in [2.24, 2.45) is 0 Å². The van der Waals surface area contributed by atoms with Gasteiger partial charge >= 0.3 is 5.97 Å². The number of ether oxygens (including phenoxy) is 1. The number of nitrogens with zero attached hydrogens (tertiary/aromatic N) is 2. The van der Waals surface area contributed by atoms with Crippen LogP contribution in [0.5, 0.6) is 5.75 Å². The van der Waals surface area contributed by atoms with Crippen LogP contribution < -0.4 is 4.74 Å². The summed E-state index contributed by atoms with van der Waals surface area (Å²) in [6.07, 6.45) is 0. The first-order chi connectivity index (χ1) is 13.6. The van der Waals surface area contributed by atoms with E-state index >= 15 is 0 Å². The topological polar surface area (TPSA) is 64.3 Å². The van der Waals surface area contributed by atoms with Gasteiger partial charge in [0.05, 0.1) is 16.6 Å². The number of rotatable bonds is 6. The van der Waals surface area contributed by atoms with Gasteiger partial charge in [-0.15, -0.1) is 0 Å². The minimum Gasteiger partial charge on any atom is -0.486 e. The van der Waals surface area contributed by atoms with Crippen LogP contribution in [-0.4, -0.2) is 20.6 Å². The maximum Gasteiger partial charge on any atom is 0.335 e. The number of para-hydroxylation sites is 2. The Bertz CT molecular complexity index is 1150. The summed E-state index contributed by atoms with van der Waals surface area (Å²) >= 11 is 0. The molecule has 0 fully saturated rings. The highest BCUT2D eigenvalue weighted by atomic mass is 16.5. The van der Waals surface area contributed by atoms with Crippen LogP contribution in [0.1, 0.15) is 27.3 Å². The van der Waals surface area contributed by atoms with Crippen molar-refractivity contribution < 1.29 is 14.6 Å². The van der Waals surface area contributed by atoms with Crippen molar-refractivity contribution >= 4 is 17.0 Å². The van der Waals surface area contributed by atoms with E-state index in [1.807, 2.05) is 24.3 Å². The SMILES string of the molecule is Cc1cccc(Cn2c(COc3cccc(C(=O)O)c3)nc3ccccc32)c1. The average molecular weight is 372 g/mol. The molecule has 0 atom stereocenters. The molecule has 5 heteroatoms. The van der Waals surface area contributed by atoms with E-state index in [-0.39, 0.29) is 12.2 Å². The molecule has 5 nitrogen and oxygen atoms in total. The molecule has 0 spiro atoms. The second-order valence-electron chi connectivity index (χ2n) is 6.71. The molecule has 140 valence electrons. The fraction of sp³-hybridized carbons (Fsp3) is 0.130. The number of carbonyl (C=O) groups is 1. The Morgan fingerprint density at radius 3 is 2.68 bits per heavy atom. The van der Waals surface area contributed by atoms with Gasteiger partial charge in [0.1, 0.15) is 18.2 Å². The molecule has 0 saturated carbocycles. The van der Waals surface area contributed by atoms with Crippen molar-refractivity contribution in [3.8, 4) is 5.75 Å². The average Bonchev–Trinajstić information content (AvgIpc) is 3.04. The summed E-state index contributed by atoms with van der Waals surface area (Å²) in [7, 11) is 0. The van der Waals surface area contributed by atoms with E-state index in [0.717, 1.165) is 16.9 Å². The van der Waals surface area contributed by atoms with E-state index < -0.39 is 5.97 Å². The highest BCUT2D eigenvalue weighted by Gasteiger charge is 2.12. The molecule has 1 aromatic heterocycles. The molecule has 1 heterocycles. The van der Waals surface area contributed by atoms with Gasteiger partial charge in [0, 0.05) is 6.54 Å². The van der Waals surface area contributed by atoms with Crippen LogP contribution in [0.15, 0.2) is 72.8 Å². The molecule has 28 heavy (non-hydrogen) atoms. The summed E-state index contributed by atoms with van der Waals surface area (Å²) in [6, 6.07) is 22.9. The van der Waals surface area contributed by atoms with Crippen LogP contribution >= 0.6 is 0 Å². The Kier molecular flexibility index (Phi) is 4.81. The lowest BCUT2D eigenvalue weighted by Crippen LogP contribution is -2.09. The molecule has 0 aliphatic carbocycles. The summed E-state index contributed by atoms with van der Waals surface area (Å²) < 4.78 is 8.01. The van der Waals surface area contributed by atoms with Crippen LogP contribution in [-0.2, 0) is 13.2 Å². The molecule has 0 unspecified atom stereocenters. The van der Waals surface area contributed by atoms with Gasteiger partial charge in [0.2, 0.25) is 0 Å². The monoisotopic (exact) mass is 372 g/mol. The van der Waals surface area contributed by atoms with Crippen molar-refractivity contribution in [1.82, 2.24) is 9.55 Å². The summed E-state index contributed by atoms with van der Waals surface area (Å²) in [5.41, 5.74) is 4.56. The second-order valence-corrected chi connectivity index (χ2v) is 6.71. The molecule has 0 aliphatic rings. The maximum absolute atomic E-state index is 11.2. The van der Waals surface area contributed by atoms with Gasteiger partial charge in [-0.1, -0.05) is 48.0 Å². The lowest BCUT2D eigenvalue weighted by atomic mass is 10.1. The summed E-state index contributed by atoms with van der Waals surface area (Å²) in [4.78, 5) is 15.9. The predicted molar refractivity (Wildman–Crippen MR) is 108 cm³/mol. The molecule has 0 amide bonds. The first-order valence-electron chi connectivity index (χ1n) is 9.06. The van der Waals surface area contributed by atoms with E-state index in [9.17, 15) is 4.79 Å². The van der Waals surface area contributed by atoms with E-state index in [1.165, 1.54) is 17.2 Å². The zero-order chi connectivity index (χ0) is 19.5. The molecule has 4 rings (SSSR count). The standard InChI is InChI=1S/C23H20N2O3/c1-16-6-4-7-17(12-16)14-25-21-11-3-2-10-20(21)24-22(25)15-28-19-9-5-8-18(13-19)23(26)27/h2-13H,14-15H2,1H3,(H,26,27). The summed E-state index contributed by atoms with van der Waals surface area (Å²) in [6.45, 7) is 3.02. The van der Waals surface area contributed by atoms with Gasteiger partial charge in [-0.2, -0.15) is 0 Å². The first-order valence-corrected chi connectivity index (χ1v) is 9.06. The number of aromatic carboxylic acids is 1. The molecule has 3 aromatic carbocycles. The lowest BCUT2D eigenvalue weighted by molar-refractivity contribution is 0.0696. The Balaban J connectivity index is 1.65. The number of benzene rings is 3. The highest BCUT2D eigenvalue weighted by Crippen LogP contribution is 2.21. The molecular weight excluding hydrogens is 352 g/mol. The summed E-state index contributed by atoms with van der Waals surface area (Å²) in [5.74, 6) is 0.328. The smallest absolute Gasteiger partial charge is 0.335 e.